The molecule has 1 amide bonds. The number of nitrogens with zero attached hydrogens (tertiary/aromatic N) is 3. The van der Waals surface area contributed by atoms with Crippen molar-refractivity contribution in [2.45, 2.75) is 26.8 Å². The molecular formula is C24H31IN6O. The summed E-state index contributed by atoms with van der Waals surface area (Å²) in [5, 5.41) is 14.1. The van der Waals surface area contributed by atoms with Crippen LogP contribution in [0, 0.1) is 13.8 Å². The molecule has 3 rings (SSSR count). The van der Waals surface area contributed by atoms with Gasteiger partial charge in [0.25, 0.3) is 5.91 Å². The molecular weight excluding hydrogens is 515 g/mol. The predicted octanol–water partition coefficient (Wildman–Crippen LogP) is 3.37. The summed E-state index contributed by atoms with van der Waals surface area (Å²) in [7, 11) is 3.40. The number of aliphatic imine (C=N–C) groups is 1. The van der Waals surface area contributed by atoms with E-state index in [4.69, 9.17) is 5.10 Å². The standard InChI is InChI=1S/C24H30N6O.HI/c1-17-22(18(2)30(29-17)21-11-6-5-7-12-21)16-28-24(26-4)27-14-13-19-9-8-10-20(15-19)23(31)25-3;/h5-12,15H,13-14,16H2,1-4H3,(H,25,31)(H2,26,27,28);1H. The average molecular weight is 546 g/mol. The number of rotatable bonds is 7. The van der Waals surface area contributed by atoms with Crippen LogP contribution in [0.25, 0.3) is 5.69 Å². The van der Waals surface area contributed by atoms with Crippen LogP contribution in [0.2, 0.25) is 0 Å². The molecule has 8 heteroatoms. The van der Waals surface area contributed by atoms with E-state index in [1.165, 1.54) is 0 Å². The van der Waals surface area contributed by atoms with Crippen molar-refractivity contribution in [3.63, 3.8) is 0 Å². The summed E-state index contributed by atoms with van der Waals surface area (Å²) in [5.74, 6) is 0.655. The Kier molecular flexibility index (Phi) is 9.70. The zero-order valence-electron chi connectivity index (χ0n) is 19.0. The lowest BCUT2D eigenvalue weighted by atomic mass is 10.1. The fourth-order valence-corrected chi connectivity index (χ4v) is 3.48. The Morgan fingerprint density at radius 1 is 1.06 bits per heavy atom. The lowest BCUT2D eigenvalue weighted by Gasteiger charge is -2.13. The second-order valence-electron chi connectivity index (χ2n) is 7.28. The van der Waals surface area contributed by atoms with E-state index >= 15 is 0 Å². The van der Waals surface area contributed by atoms with Crippen LogP contribution in [0.1, 0.15) is 32.9 Å². The highest BCUT2D eigenvalue weighted by Gasteiger charge is 2.13. The number of halogens is 1. The minimum atomic E-state index is -0.0749. The molecule has 1 aromatic heterocycles. The van der Waals surface area contributed by atoms with E-state index in [0.717, 1.165) is 40.6 Å². The zero-order chi connectivity index (χ0) is 22.2. The van der Waals surface area contributed by atoms with Crippen LogP contribution in [-0.2, 0) is 13.0 Å². The fraction of sp³-hybridized carbons (Fsp3) is 0.292. The summed E-state index contributed by atoms with van der Waals surface area (Å²) < 4.78 is 1.97. The normalized spacial score (nSPS) is 10.9. The summed E-state index contributed by atoms with van der Waals surface area (Å²) in [4.78, 5) is 16.1. The van der Waals surface area contributed by atoms with Gasteiger partial charge in [-0.2, -0.15) is 5.10 Å². The molecule has 170 valence electrons. The maximum atomic E-state index is 11.8. The average Bonchev–Trinajstić information content (AvgIpc) is 3.09. The first-order valence-corrected chi connectivity index (χ1v) is 10.4. The van der Waals surface area contributed by atoms with Crippen molar-refractivity contribution in [1.29, 1.82) is 0 Å². The summed E-state index contributed by atoms with van der Waals surface area (Å²) in [6, 6.07) is 17.8. The Morgan fingerprint density at radius 2 is 1.81 bits per heavy atom. The number of guanidine groups is 1. The fourth-order valence-electron chi connectivity index (χ4n) is 3.48. The molecule has 0 saturated heterocycles. The molecule has 0 aliphatic rings. The minimum Gasteiger partial charge on any atom is -0.356 e. The Labute approximate surface area is 206 Å². The van der Waals surface area contributed by atoms with Gasteiger partial charge in [0.2, 0.25) is 0 Å². The van der Waals surface area contributed by atoms with Crippen molar-refractivity contribution >= 4 is 35.8 Å². The van der Waals surface area contributed by atoms with E-state index in [0.29, 0.717) is 18.7 Å². The second-order valence-corrected chi connectivity index (χ2v) is 7.28. The number of amides is 1. The molecule has 0 fully saturated rings. The van der Waals surface area contributed by atoms with Gasteiger partial charge in [-0.1, -0.05) is 30.3 Å². The molecule has 32 heavy (non-hydrogen) atoms. The maximum absolute atomic E-state index is 11.8. The van der Waals surface area contributed by atoms with Gasteiger partial charge in [-0.15, -0.1) is 24.0 Å². The van der Waals surface area contributed by atoms with Crippen LogP contribution in [-0.4, -0.2) is 42.3 Å². The molecule has 0 aliphatic carbocycles. The second kappa shape index (κ2) is 12.2. The van der Waals surface area contributed by atoms with Gasteiger partial charge in [0.1, 0.15) is 0 Å². The van der Waals surface area contributed by atoms with Gasteiger partial charge in [-0.05, 0) is 50.1 Å². The topological polar surface area (TPSA) is 83.3 Å². The third kappa shape index (κ3) is 6.32. The van der Waals surface area contributed by atoms with Gasteiger partial charge in [0.05, 0.1) is 11.4 Å². The van der Waals surface area contributed by atoms with Gasteiger partial charge < -0.3 is 16.0 Å². The molecule has 0 unspecified atom stereocenters. The molecule has 0 atom stereocenters. The van der Waals surface area contributed by atoms with E-state index in [1.54, 1.807) is 14.1 Å². The van der Waals surface area contributed by atoms with Crippen LogP contribution < -0.4 is 16.0 Å². The number of carbonyl (C=O) groups is 1. The van der Waals surface area contributed by atoms with Crippen LogP contribution in [0.4, 0.5) is 0 Å². The van der Waals surface area contributed by atoms with E-state index in [1.807, 2.05) is 54.1 Å². The molecule has 7 nitrogen and oxygen atoms in total. The van der Waals surface area contributed by atoms with Crippen molar-refractivity contribution < 1.29 is 4.79 Å². The van der Waals surface area contributed by atoms with Crippen molar-refractivity contribution in [1.82, 2.24) is 25.7 Å². The summed E-state index contributed by atoms with van der Waals surface area (Å²) in [5.41, 5.74) is 6.08. The van der Waals surface area contributed by atoms with Crippen molar-refractivity contribution in [3.05, 3.63) is 82.7 Å². The molecule has 0 aliphatic heterocycles. The Bertz CT molecular complexity index is 1060. The summed E-state index contributed by atoms with van der Waals surface area (Å²) >= 11 is 0. The monoisotopic (exact) mass is 546 g/mol. The van der Waals surface area contributed by atoms with E-state index in [-0.39, 0.29) is 29.9 Å². The van der Waals surface area contributed by atoms with Crippen molar-refractivity contribution in [2.24, 2.45) is 4.99 Å². The smallest absolute Gasteiger partial charge is 0.251 e. The number of hydrogen-bond donors (Lipinski definition) is 3. The molecule has 0 spiro atoms. The van der Waals surface area contributed by atoms with Gasteiger partial charge in [-0.25, -0.2) is 4.68 Å². The highest BCUT2D eigenvalue weighted by Crippen LogP contribution is 2.17. The first-order valence-electron chi connectivity index (χ1n) is 10.4. The van der Waals surface area contributed by atoms with Gasteiger partial charge >= 0.3 is 0 Å². The zero-order valence-corrected chi connectivity index (χ0v) is 21.3. The number of carbonyl (C=O) groups excluding carboxylic acids is 1. The molecule has 1 heterocycles. The number of aryl methyl sites for hydroxylation is 1. The van der Waals surface area contributed by atoms with Crippen LogP contribution in [0.3, 0.4) is 0 Å². The van der Waals surface area contributed by atoms with Gasteiger partial charge in [0.15, 0.2) is 5.96 Å². The largest absolute Gasteiger partial charge is 0.356 e. The Morgan fingerprint density at radius 3 is 2.50 bits per heavy atom. The maximum Gasteiger partial charge on any atom is 0.251 e. The van der Waals surface area contributed by atoms with E-state index in [2.05, 4.69) is 40.0 Å². The van der Waals surface area contributed by atoms with Crippen molar-refractivity contribution in [2.75, 3.05) is 20.6 Å². The van der Waals surface area contributed by atoms with E-state index < -0.39 is 0 Å². The Balaban J connectivity index is 0.00000363. The first kappa shape index (κ1) is 25.4. The van der Waals surface area contributed by atoms with E-state index in [9.17, 15) is 4.79 Å². The number of nitrogens with one attached hydrogen (secondary N) is 3. The lowest BCUT2D eigenvalue weighted by molar-refractivity contribution is 0.0963. The number of para-hydroxylation sites is 1. The number of benzene rings is 2. The van der Waals surface area contributed by atoms with Crippen LogP contribution >= 0.6 is 24.0 Å². The molecule has 3 N–H and O–H groups in total. The predicted molar refractivity (Wildman–Crippen MR) is 140 cm³/mol. The summed E-state index contributed by atoms with van der Waals surface area (Å²) in [6.07, 6.45) is 0.787. The SMILES string of the molecule is CN=C(NCCc1cccc(C(=O)NC)c1)NCc1c(C)nn(-c2ccccc2)c1C.I. The molecule has 0 bridgehead atoms. The molecule has 3 aromatic rings. The summed E-state index contributed by atoms with van der Waals surface area (Å²) in [6.45, 7) is 5.45. The minimum absolute atomic E-state index is 0. The molecule has 2 aromatic carbocycles. The first-order chi connectivity index (χ1) is 15.0. The third-order valence-corrected chi connectivity index (χ3v) is 5.22. The van der Waals surface area contributed by atoms with Gasteiger partial charge in [-0.3, -0.25) is 9.79 Å². The van der Waals surface area contributed by atoms with Crippen LogP contribution in [0.15, 0.2) is 59.6 Å². The molecule has 0 radical (unpaired) electrons. The number of hydrogen-bond acceptors (Lipinski definition) is 3. The lowest BCUT2D eigenvalue weighted by Crippen LogP contribution is -2.38. The number of aromatic nitrogens is 2. The quantitative estimate of drug-likeness (QED) is 0.241. The van der Waals surface area contributed by atoms with Gasteiger partial charge in [0, 0.05) is 44.0 Å². The highest BCUT2D eigenvalue weighted by atomic mass is 127. The third-order valence-electron chi connectivity index (χ3n) is 5.22. The molecule has 0 saturated carbocycles. The van der Waals surface area contributed by atoms with Crippen molar-refractivity contribution in [3.8, 4) is 5.69 Å². The highest BCUT2D eigenvalue weighted by molar-refractivity contribution is 14.0. The van der Waals surface area contributed by atoms with Crippen LogP contribution in [0.5, 0.6) is 0 Å². The Hall–Kier alpha value is -2.88.